The molecule has 0 radical (unpaired) electrons. The Morgan fingerprint density at radius 2 is 2.21 bits per heavy atom. The second-order valence-electron chi connectivity index (χ2n) is 6.00. The minimum atomic E-state index is 0.586. The number of nitrogens with zero attached hydrogens (tertiary/aromatic N) is 1. The molecule has 1 saturated carbocycles. The van der Waals surface area contributed by atoms with Crippen LogP contribution in [-0.2, 0) is 0 Å². The van der Waals surface area contributed by atoms with E-state index in [4.69, 9.17) is 0 Å². The van der Waals surface area contributed by atoms with Crippen molar-refractivity contribution < 1.29 is 0 Å². The van der Waals surface area contributed by atoms with Gasteiger partial charge in [-0.3, -0.25) is 4.90 Å². The molecule has 2 unspecified atom stereocenters. The molecule has 0 aromatic carbocycles. The molecule has 1 N–H and O–H groups in total. The number of hydrogen-bond donors (Lipinski definition) is 1. The Morgan fingerprint density at radius 1 is 1.37 bits per heavy atom. The molecule has 2 aliphatic rings. The third-order valence-electron chi connectivity index (χ3n) is 4.42. The van der Waals surface area contributed by atoms with Gasteiger partial charge in [-0.25, -0.2) is 0 Å². The van der Waals surface area contributed by atoms with Crippen LogP contribution in [0.4, 0.5) is 0 Å². The first-order valence-electron chi connectivity index (χ1n) is 7.42. The maximum absolute atomic E-state index is 3.75. The second kappa shape index (κ2) is 6.25. The van der Waals surface area contributed by atoms with Crippen molar-refractivity contribution in [2.24, 2.45) is 5.92 Å². The molecule has 1 aromatic heterocycles. The summed E-state index contributed by atoms with van der Waals surface area (Å²) in [6.45, 7) is 2.42. The van der Waals surface area contributed by atoms with Crippen LogP contribution in [-0.4, -0.2) is 31.1 Å². The van der Waals surface area contributed by atoms with Crippen LogP contribution in [0, 0.1) is 5.92 Å². The van der Waals surface area contributed by atoms with Gasteiger partial charge in [0, 0.05) is 28.0 Å². The normalized spacial score (nSPS) is 29.4. The number of likely N-dealkylation sites (tertiary alicyclic amines) is 1. The lowest BCUT2D eigenvalue weighted by Crippen LogP contribution is -2.35. The lowest BCUT2D eigenvalue weighted by Gasteiger charge is -2.32. The largest absolute Gasteiger partial charge is 0.314 e. The highest BCUT2D eigenvalue weighted by atomic mass is 79.9. The standard InChI is InChI=1S/C15H23BrN2S/c1-18-8-3-2-4-11(10-17-12-5-6-12)14(18)15-13(16)7-9-19-15/h7,9,11-12,14,17H,2-6,8,10H2,1H3. The number of nitrogens with one attached hydrogen (secondary N) is 1. The molecule has 2 fully saturated rings. The Morgan fingerprint density at radius 3 is 2.89 bits per heavy atom. The summed E-state index contributed by atoms with van der Waals surface area (Å²) < 4.78 is 1.30. The molecular weight excluding hydrogens is 320 g/mol. The van der Waals surface area contributed by atoms with Crippen LogP contribution >= 0.6 is 27.3 Å². The fourth-order valence-electron chi connectivity index (χ4n) is 3.17. The summed E-state index contributed by atoms with van der Waals surface area (Å²) in [5.41, 5.74) is 0. The Bertz CT molecular complexity index is 416. The Labute approximate surface area is 128 Å². The second-order valence-corrected chi connectivity index (χ2v) is 7.80. The minimum Gasteiger partial charge on any atom is -0.314 e. The molecule has 0 bridgehead atoms. The summed E-state index contributed by atoms with van der Waals surface area (Å²) in [5, 5.41) is 5.96. The molecule has 4 heteroatoms. The van der Waals surface area contributed by atoms with Crippen molar-refractivity contribution in [3.63, 3.8) is 0 Å². The molecule has 2 atom stereocenters. The molecule has 1 aliphatic carbocycles. The summed E-state index contributed by atoms with van der Waals surface area (Å²) in [7, 11) is 2.30. The van der Waals surface area contributed by atoms with Gasteiger partial charge in [-0.15, -0.1) is 11.3 Å². The summed E-state index contributed by atoms with van der Waals surface area (Å²) in [6.07, 6.45) is 6.85. The van der Waals surface area contributed by atoms with Crippen LogP contribution in [0.1, 0.15) is 43.0 Å². The van der Waals surface area contributed by atoms with Gasteiger partial charge in [-0.05, 0) is 72.6 Å². The maximum Gasteiger partial charge on any atom is 0.0490 e. The van der Waals surface area contributed by atoms with Crippen molar-refractivity contribution in [1.29, 1.82) is 0 Å². The van der Waals surface area contributed by atoms with Crippen molar-refractivity contribution in [2.45, 2.75) is 44.2 Å². The zero-order valence-electron chi connectivity index (χ0n) is 11.6. The highest BCUT2D eigenvalue weighted by molar-refractivity contribution is 9.10. The van der Waals surface area contributed by atoms with E-state index in [1.54, 1.807) is 0 Å². The number of halogens is 1. The first-order valence-corrected chi connectivity index (χ1v) is 9.09. The van der Waals surface area contributed by atoms with Gasteiger partial charge in [-0.1, -0.05) is 6.42 Å². The Hall–Kier alpha value is 0.100. The molecule has 0 spiro atoms. The predicted molar refractivity (Wildman–Crippen MR) is 85.8 cm³/mol. The van der Waals surface area contributed by atoms with Gasteiger partial charge >= 0.3 is 0 Å². The van der Waals surface area contributed by atoms with E-state index in [9.17, 15) is 0 Å². The summed E-state index contributed by atoms with van der Waals surface area (Å²) in [5.74, 6) is 0.753. The van der Waals surface area contributed by atoms with E-state index in [1.165, 1.54) is 54.5 Å². The van der Waals surface area contributed by atoms with Gasteiger partial charge in [0.05, 0.1) is 0 Å². The fourth-order valence-corrected chi connectivity index (χ4v) is 5.04. The average Bonchev–Trinajstić information content (AvgIpc) is 3.16. The lowest BCUT2D eigenvalue weighted by atomic mass is 9.93. The Balaban J connectivity index is 1.77. The number of thiophene rings is 1. The van der Waals surface area contributed by atoms with Crippen molar-refractivity contribution >= 4 is 27.3 Å². The highest BCUT2D eigenvalue weighted by Gasteiger charge is 2.32. The minimum absolute atomic E-state index is 0.586. The zero-order valence-corrected chi connectivity index (χ0v) is 14.0. The lowest BCUT2D eigenvalue weighted by molar-refractivity contribution is 0.191. The van der Waals surface area contributed by atoms with Crippen LogP contribution in [0.3, 0.4) is 0 Å². The van der Waals surface area contributed by atoms with Gasteiger partial charge < -0.3 is 5.32 Å². The fraction of sp³-hybridized carbons (Fsp3) is 0.733. The molecule has 2 heterocycles. The topological polar surface area (TPSA) is 15.3 Å². The van der Waals surface area contributed by atoms with Gasteiger partial charge in [0.1, 0.15) is 0 Å². The predicted octanol–water partition coefficient (Wildman–Crippen LogP) is 4.04. The SMILES string of the molecule is CN1CCCCC(CNC2CC2)C1c1sccc1Br. The molecular formula is C15H23BrN2S. The Kier molecular flexibility index (Phi) is 4.62. The van der Waals surface area contributed by atoms with Gasteiger partial charge in [0.2, 0.25) is 0 Å². The van der Waals surface area contributed by atoms with Gasteiger partial charge in [-0.2, -0.15) is 0 Å². The van der Waals surface area contributed by atoms with E-state index in [2.05, 4.69) is 44.6 Å². The molecule has 1 saturated heterocycles. The van der Waals surface area contributed by atoms with Crippen molar-refractivity contribution in [3.05, 3.63) is 20.8 Å². The van der Waals surface area contributed by atoms with E-state index in [1.807, 2.05) is 11.3 Å². The van der Waals surface area contributed by atoms with Crippen LogP contribution in [0.25, 0.3) is 0 Å². The van der Waals surface area contributed by atoms with Crippen molar-refractivity contribution in [3.8, 4) is 0 Å². The first-order chi connectivity index (χ1) is 9.25. The zero-order chi connectivity index (χ0) is 13.2. The van der Waals surface area contributed by atoms with E-state index < -0.39 is 0 Å². The smallest absolute Gasteiger partial charge is 0.0490 e. The molecule has 3 rings (SSSR count). The van der Waals surface area contributed by atoms with Crippen LogP contribution < -0.4 is 5.32 Å². The van der Waals surface area contributed by atoms with E-state index in [-0.39, 0.29) is 0 Å². The number of hydrogen-bond acceptors (Lipinski definition) is 3. The monoisotopic (exact) mass is 342 g/mol. The molecule has 19 heavy (non-hydrogen) atoms. The van der Waals surface area contributed by atoms with Crippen LogP contribution in [0.5, 0.6) is 0 Å². The molecule has 106 valence electrons. The molecule has 1 aliphatic heterocycles. The summed E-state index contributed by atoms with van der Waals surface area (Å²) in [4.78, 5) is 4.09. The highest BCUT2D eigenvalue weighted by Crippen LogP contribution is 2.40. The average molecular weight is 343 g/mol. The third-order valence-corrected chi connectivity index (χ3v) is 6.36. The first kappa shape index (κ1) is 14.1. The quantitative estimate of drug-likeness (QED) is 0.888. The van der Waals surface area contributed by atoms with E-state index in [0.717, 1.165) is 12.0 Å². The third kappa shape index (κ3) is 3.41. The van der Waals surface area contributed by atoms with Crippen LogP contribution in [0.15, 0.2) is 15.9 Å². The molecule has 2 nitrogen and oxygen atoms in total. The maximum atomic E-state index is 3.75. The summed E-state index contributed by atoms with van der Waals surface area (Å²) in [6, 6.07) is 3.61. The summed E-state index contributed by atoms with van der Waals surface area (Å²) >= 11 is 5.64. The van der Waals surface area contributed by atoms with Crippen molar-refractivity contribution in [2.75, 3.05) is 20.1 Å². The van der Waals surface area contributed by atoms with Gasteiger partial charge in [0.15, 0.2) is 0 Å². The number of rotatable bonds is 4. The van der Waals surface area contributed by atoms with E-state index in [0.29, 0.717) is 6.04 Å². The van der Waals surface area contributed by atoms with Gasteiger partial charge in [0.25, 0.3) is 0 Å². The van der Waals surface area contributed by atoms with Crippen LogP contribution in [0.2, 0.25) is 0 Å². The van der Waals surface area contributed by atoms with Crippen molar-refractivity contribution in [1.82, 2.24) is 10.2 Å². The molecule has 0 amide bonds. The molecule has 1 aromatic rings. The van der Waals surface area contributed by atoms with E-state index >= 15 is 0 Å².